The van der Waals surface area contributed by atoms with E-state index in [-0.39, 0.29) is 0 Å². The number of nitrogens with one attached hydrogen (secondary N) is 1. The van der Waals surface area contributed by atoms with Crippen molar-refractivity contribution in [1.82, 2.24) is 15.0 Å². The Labute approximate surface area is 114 Å². The summed E-state index contributed by atoms with van der Waals surface area (Å²) >= 11 is 0. The van der Waals surface area contributed by atoms with Crippen LogP contribution in [0.25, 0.3) is 17.1 Å². The highest BCUT2D eigenvalue weighted by atomic mass is 19.1. The lowest BCUT2D eigenvalue weighted by molar-refractivity contribution is -0.115. The molecule has 0 atom stereocenters. The number of fused-ring (bicyclic) bond motifs is 1. The first-order chi connectivity index (χ1) is 9.49. The van der Waals surface area contributed by atoms with Gasteiger partial charge in [0.05, 0.1) is 12.0 Å². The molecule has 2 aromatic heterocycles. The van der Waals surface area contributed by atoms with Crippen LogP contribution >= 0.6 is 0 Å². The quantitative estimate of drug-likeness (QED) is 0.815. The number of amides is 1. The molecule has 0 radical (unpaired) electrons. The van der Waals surface area contributed by atoms with Crippen molar-refractivity contribution in [2.75, 3.05) is 6.61 Å². The third-order valence-corrected chi connectivity index (χ3v) is 2.54. The minimum atomic E-state index is -1.12. The van der Waals surface area contributed by atoms with Crippen LogP contribution in [0.3, 0.4) is 0 Å². The Morgan fingerprint density at radius 2 is 2.30 bits per heavy atom. The molecule has 1 amide bonds. The lowest BCUT2D eigenvalue weighted by Crippen LogP contribution is -2.10. The van der Waals surface area contributed by atoms with Gasteiger partial charge >= 0.3 is 0 Å². The highest BCUT2D eigenvalue weighted by Gasteiger charge is 2.13. The lowest BCUT2D eigenvalue weighted by Gasteiger charge is -2.08. The molecule has 2 heterocycles. The number of nitrogens with zero attached hydrogens (tertiary/aromatic N) is 2. The number of aromatic nitrogens is 3. The Morgan fingerprint density at radius 3 is 2.95 bits per heavy atom. The van der Waals surface area contributed by atoms with Gasteiger partial charge in [-0.15, -0.1) is 0 Å². The average Bonchev–Trinajstić information content (AvgIpc) is 2.80. The highest BCUT2D eigenvalue weighted by Crippen LogP contribution is 2.27. The van der Waals surface area contributed by atoms with Crippen LogP contribution in [0.5, 0.6) is 5.88 Å². The number of ether oxygens (including phenoxy) is 1. The minimum absolute atomic E-state index is 0.320. The second-order valence-electron chi connectivity index (χ2n) is 4.71. The van der Waals surface area contributed by atoms with Crippen molar-refractivity contribution < 1.29 is 13.9 Å². The molecule has 0 fully saturated rings. The van der Waals surface area contributed by atoms with Crippen LogP contribution in [0, 0.1) is 5.92 Å². The van der Waals surface area contributed by atoms with E-state index in [0.717, 1.165) is 6.08 Å². The molecular formula is C13H15FN4O2. The number of rotatable bonds is 5. The molecule has 0 bridgehead atoms. The first-order valence-electron chi connectivity index (χ1n) is 6.11. The third-order valence-electron chi connectivity index (χ3n) is 2.54. The standard InChI is InChI=1S/C13H15FN4O2/c1-7(2)5-20-13-10-8(3-9(14)11(15)19)4-16-12(10)17-6-18-13/h3-4,6-7H,5H2,1-2H3,(H2,15,19)(H,16,17,18). The second kappa shape index (κ2) is 5.68. The molecule has 0 spiro atoms. The number of aromatic amines is 1. The van der Waals surface area contributed by atoms with Crippen LogP contribution in [0.4, 0.5) is 4.39 Å². The van der Waals surface area contributed by atoms with E-state index < -0.39 is 11.7 Å². The molecule has 106 valence electrons. The number of nitrogens with two attached hydrogens (primary N) is 1. The van der Waals surface area contributed by atoms with Gasteiger partial charge in [0.15, 0.2) is 5.83 Å². The molecule has 0 aliphatic heterocycles. The van der Waals surface area contributed by atoms with Gasteiger partial charge in [0.1, 0.15) is 12.0 Å². The average molecular weight is 278 g/mol. The van der Waals surface area contributed by atoms with Crippen LogP contribution in [-0.4, -0.2) is 27.5 Å². The molecule has 3 N–H and O–H groups in total. The number of hydrogen-bond donors (Lipinski definition) is 2. The number of halogens is 1. The highest BCUT2D eigenvalue weighted by molar-refractivity contribution is 5.98. The fraction of sp³-hybridized carbons (Fsp3) is 0.308. The molecule has 20 heavy (non-hydrogen) atoms. The lowest BCUT2D eigenvalue weighted by atomic mass is 10.2. The molecule has 0 saturated carbocycles. The summed E-state index contributed by atoms with van der Waals surface area (Å²) < 4.78 is 18.9. The van der Waals surface area contributed by atoms with Gasteiger partial charge in [-0.3, -0.25) is 4.79 Å². The van der Waals surface area contributed by atoms with Crippen molar-refractivity contribution in [1.29, 1.82) is 0 Å². The van der Waals surface area contributed by atoms with Gasteiger partial charge in [0.2, 0.25) is 5.88 Å². The fourth-order valence-corrected chi connectivity index (χ4v) is 1.63. The molecule has 6 nitrogen and oxygen atoms in total. The van der Waals surface area contributed by atoms with Gasteiger partial charge in [0.25, 0.3) is 5.91 Å². The van der Waals surface area contributed by atoms with E-state index in [0.29, 0.717) is 35.0 Å². The van der Waals surface area contributed by atoms with Crippen LogP contribution in [0.2, 0.25) is 0 Å². The maximum Gasteiger partial charge on any atom is 0.277 e. The van der Waals surface area contributed by atoms with Gasteiger partial charge < -0.3 is 15.5 Å². The summed E-state index contributed by atoms with van der Waals surface area (Å²) in [6.07, 6.45) is 3.91. The number of primary amides is 1. The van der Waals surface area contributed by atoms with Crippen molar-refractivity contribution >= 4 is 23.0 Å². The van der Waals surface area contributed by atoms with Gasteiger partial charge in [-0.1, -0.05) is 13.8 Å². The van der Waals surface area contributed by atoms with E-state index in [9.17, 15) is 9.18 Å². The Hall–Kier alpha value is -2.44. The number of carbonyl (C=O) groups is 1. The van der Waals surface area contributed by atoms with Gasteiger partial charge in [-0.05, 0) is 12.0 Å². The SMILES string of the molecule is CC(C)COc1ncnc2[nH]cc(C=C(F)C(N)=O)c12. The summed E-state index contributed by atoms with van der Waals surface area (Å²) in [6, 6.07) is 0. The summed E-state index contributed by atoms with van der Waals surface area (Å²) in [5.74, 6) is -1.50. The monoisotopic (exact) mass is 278 g/mol. The Kier molecular flexibility index (Phi) is 3.97. The largest absolute Gasteiger partial charge is 0.477 e. The van der Waals surface area contributed by atoms with Crippen LogP contribution in [-0.2, 0) is 4.79 Å². The van der Waals surface area contributed by atoms with Crippen LogP contribution in [0.15, 0.2) is 18.4 Å². The molecule has 2 rings (SSSR count). The topological polar surface area (TPSA) is 93.9 Å². The number of H-pyrrole nitrogens is 1. The van der Waals surface area contributed by atoms with Crippen molar-refractivity contribution in [3.05, 3.63) is 23.9 Å². The fourth-order valence-electron chi connectivity index (χ4n) is 1.63. The Morgan fingerprint density at radius 1 is 1.55 bits per heavy atom. The summed E-state index contributed by atoms with van der Waals surface area (Å²) in [5, 5.41) is 0.518. The molecule has 0 unspecified atom stereocenters. The zero-order chi connectivity index (χ0) is 14.7. The Balaban J connectivity index is 2.46. The Bertz CT molecular complexity index is 663. The van der Waals surface area contributed by atoms with Crippen molar-refractivity contribution in [2.45, 2.75) is 13.8 Å². The molecule has 0 aliphatic rings. The summed E-state index contributed by atoms with van der Waals surface area (Å²) in [4.78, 5) is 21.7. The van der Waals surface area contributed by atoms with E-state index >= 15 is 0 Å². The predicted molar refractivity (Wildman–Crippen MR) is 72.5 cm³/mol. The van der Waals surface area contributed by atoms with E-state index in [1.807, 2.05) is 13.8 Å². The summed E-state index contributed by atoms with van der Waals surface area (Å²) in [6.45, 7) is 4.48. The van der Waals surface area contributed by atoms with Crippen molar-refractivity contribution in [3.8, 4) is 5.88 Å². The van der Waals surface area contributed by atoms with E-state index in [1.54, 1.807) is 0 Å². The zero-order valence-electron chi connectivity index (χ0n) is 11.2. The summed E-state index contributed by atoms with van der Waals surface area (Å²) in [5.41, 5.74) is 5.79. The third kappa shape index (κ3) is 2.93. The van der Waals surface area contributed by atoms with E-state index in [1.165, 1.54) is 12.5 Å². The first-order valence-corrected chi connectivity index (χ1v) is 6.11. The predicted octanol–water partition coefficient (Wildman–Crippen LogP) is 1.79. The number of carbonyl (C=O) groups excluding carboxylic acids is 1. The van der Waals surface area contributed by atoms with E-state index in [4.69, 9.17) is 10.5 Å². The van der Waals surface area contributed by atoms with Gasteiger partial charge in [-0.25, -0.2) is 14.4 Å². The van der Waals surface area contributed by atoms with E-state index in [2.05, 4.69) is 15.0 Å². The van der Waals surface area contributed by atoms with Crippen molar-refractivity contribution in [2.24, 2.45) is 11.7 Å². The molecule has 2 aromatic rings. The number of hydrogen-bond acceptors (Lipinski definition) is 4. The molecule has 0 aliphatic carbocycles. The van der Waals surface area contributed by atoms with Crippen LogP contribution < -0.4 is 10.5 Å². The maximum absolute atomic E-state index is 13.4. The molecule has 0 aromatic carbocycles. The van der Waals surface area contributed by atoms with Gasteiger partial charge in [-0.2, -0.15) is 0 Å². The normalized spacial score (nSPS) is 12.1. The van der Waals surface area contributed by atoms with Crippen LogP contribution in [0.1, 0.15) is 19.4 Å². The molecular weight excluding hydrogens is 263 g/mol. The zero-order valence-corrected chi connectivity index (χ0v) is 11.2. The smallest absolute Gasteiger partial charge is 0.277 e. The summed E-state index contributed by atoms with van der Waals surface area (Å²) in [7, 11) is 0. The first kappa shape index (κ1) is 14.0. The maximum atomic E-state index is 13.4. The minimum Gasteiger partial charge on any atom is -0.477 e. The molecule has 0 saturated heterocycles. The van der Waals surface area contributed by atoms with Gasteiger partial charge in [0, 0.05) is 11.8 Å². The second-order valence-corrected chi connectivity index (χ2v) is 4.71. The van der Waals surface area contributed by atoms with Crippen molar-refractivity contribution in [3.63, 3.8) is 0 Å². The molecule has 7 heteroatoms.